The monoisotopic (exact) mass is 256 g/mol. The van der Waals surface area contributed by atoms with Crippen molar-refractivity contribution in [3.8, 4) is 0 Å². The molecule has 1 unspecified atom stereocenters. The topological polar surface area (TPSA) is 50.8 Å². The van der Waals surface area contributed by atoms with Crippen LogP contribution in [0.5, 0.6) is 0 Å². The van der Waals surface area contributed by atoms with E-state index in [1.165, 1.54) is 7.11 Å². The Labute approximate surface area is 109 Å². The molecule has 0 aromatic carbocycles. The van der Waals surface area contributed by atoms with Crippen molar-refractivity contribution in [3.05, 3.63) is 0 Å². The maximum absolute atomic E-state index is 12.3. The van der Waals surface area contributed by atoms with Gasteiger partial charge in [-0.15, -0.1) is 0 Å². The first kappa shape index (κ1) is 13.8. The van der Waals surface area contributed by atoms with Crippen LogP contribution in [-0.4, -0.2) is 62.9 Å². The van der Waals surface area contributed by atoms with Crippen molar-refractivity contribution in [1.82, 2.24) is 10.2 Å². The van der Waals surface area contributed by atoms with E-state index in [0.717, 1.165) is 58.5 Å². The van der Waals surface area contributed by atoms with Crippen molar-refractivity contribution < 1.29 is 14.3 Å². The van der Waals surface area contributed by atoms with Gasteiger partial charge >= 0.3 is 5.97 Å². The lowest BCUT2D eigenvalue weighted by molar-refractivity contribution is -0.156. The minimum Gasteiger partial charge on any atom is -0.468 e. The first-order chi connectivity index (χ1) is 8.79. The lowest BCUT2D eigenvalue weighted by Gasteiger charge is -2.40. The number of ether oxygens (including phenoxy) is 2. The summed E-state index contributed by atoms with van der Waals surface area (Å²) in [6, 6.07) is 0. The van der Waals surface area contributed by atoms with Crippen LogP contribution in [0.25, 0.3) is 0 Å². The third-order valence-corrected chi connectivity index (χ3v) is 4.05. The number of esters is 1. The molecule has 0 amide bonds. The number of carbonyl (C=O) groups excluding carboxylic acids is 1. The highest BCUT2D eigenvalue weighted by Crippen LogP contribution is 2.30. The van der Waals surface area contributed by atoms with E-state index >= 15 is 0 Å². The van der Waals surface area contributed by atoms with Gasteiger partial charge < -0.3 is 14.8 Å². The quantitative estimate of drug-likeness (QED) is 0.725. The molecular weight excluding hydrogens is 232 g/mol. The van der Waals surface area contributed by atoms with Crippen LogP contribution >= 0.6 is 0 Å². The molecule has 0 aromatic heterocycles. The molecule has 18 heavy (non-hydrogen) atoms. The molecule has 5 heteroatoms. The lowest BCUT2D eigenvalue weighted by atomic mass is 9.88. The van der Waals surface area contributed by atoms with Crippen LogP contribution in [0.3, 0.4) is 0 Å². The predicted molar refractivity (Wildman–Crippen MR) is 68.5 cm³/mol. The molecule has 0 spiro atoms. The van der Waals surface area contributed by atoms with Gasteiger partial charge in [-0.2, -0.15) is 0 Å². The van der Waals surface area contributed by atoms with Gasteiger partial charge in [0.15, 0.2) is 0 Å². The number of nitrogens with one attached hydrogen (secondary N) is 1. The van der Waals surface area contributed by atoms with Crippen LogP contribution < -0.4 is 5.32 Å². The van der Waals surface area contributed by atoms with E-state index in [1.807, 2.05) is 0 Å². The SMILES string of the molecule is COC(=O)C1(N2CCCNCC2)CCCOCC1. The molecule has 0 radical (unpaired) electrons. The molecule has 1 N–H and O–H groups in total. The average molecular weight is 256 g/mol. The van der Waals surface area contributed by atoms with Crippen LogP contribution in [0.1, 0.15) is 25.7 Å². The van der Waals surface area contributed by atoms with Crippen LogP contribution in [0.4, 0.5) is 0 Å². The zero-order chi connectivity index (χ0) is 12.8. The Kier molecular flexibility index (Phi) is 4.97. The minimum absolute atomic E-state index is 0.0881. The smallest absolute Gasteiger partial charge is 0.326 e. The van der Waals surface area contributed by atoms with Crippen molar-refractivity contribution in [2.75, 3.05) is 46.5 Å². The Bertz CT molecular complexity index is 267. The maximum Gasteiger partial charge on any atom is 0.326 e. The van der Waals surface area contributed by atoms with Gasteiger partial charge in [-0.1, -0.05) is 0 Å². The molecule has 0 bridgehead atoms. The van der Waals surface area contributed by atoms with E-state index in [4.69, 9.17) is 9.47 Å². The number of hydrogen-bond donors (Lipinski definition) is 1. The highest BCUT2D eigenvalue weighted by Gasteiger charge is 2.45. The second kappa shape index (κ2) is 6.50. The first-order valence-corrected chi connectivity index (χ1v) is 6.91. The number of carbonyl (C=O) groups is 1. The molecule has 2 aliphatic rings. The zero-order valence-corrected chi connectivity index (χ0v) is 11.2. The van der Waals surface area contributed by atoms with E-state index in [0.29, 0.717) is 6.61 Å². The number of hydrogen-bond acceptors (Lipinski definition) is 5. The fraction of sp³-hybridized carbons (Fsp3) is 0.923. The van der Waals surface area contributed by atoms with Gasteiger partial charge in [0.2, 0.25) is 0 Å². The van der Waals surface area contributed by atoms with Crippen molar-refractivity contribution in [1.29, 1.82) is 0 Å². The van der Waals surface area contributed by atoms with Gasteiger partial charge in [0.1, 0.15) is 5.54 Å². The minimum atomic E-state index is -0.461. The predicted octanol–water partition coefficient (Wildman–Crippen LogP) is 0.394. The van der Waals surface area contributed by atoms with Crippen molar-refractivity contribution in [2.45, 2.75) is 31.2 Å². The fourth-order valence-corrected chi connectivity index (χ4v) is 3.05. The third kappa shape index (κ3) is 2.84. The number of methoxy groups -OCH3 is 1. The summed E-state index contributed by atoms with van der Waals surface area (Å²) in [5, 5.41) is 3.38. The summed E-state index contributed by atoms with van der Waals surface area (Å²) in [6.45, 7) is 5.25. The molecule has 2 fully saturated rings. The van der Waals surface area contributed by atoms with Crippen LogP contribution in [-0.2, 0) is 14.3 Å². The van der Waals surface area contributed by atoms with Crippen LogP contribution in [0.15, 0.2) is 0 Å². The summed E-state index contributed by atoms with van der Waals surface area (Å²) in [6.07, 6.45) is 3.61. The van der Waals surface area contributed by atoms with E-state index in [1.54, 1.807) is 0 Å². The summed E-state index contributed by atoms with van der Waals surface area (Å²) in [4.78, 5) is 14.6. The molecule has 0 saturated carbocycles. The van der Waals surface area contributed by atoms with Crippen LogP contribution in [0, 0.1) is 0 Å². The summed E-state index contributed by atoms with van der Waals surface area (Å²) in [5.41, 5.74) is -0.461. The molecular formula is C13H24N2O3. The van der Waals surface area contributed by atoms with Gasteiger partial charge in [-0.25, -0.2) is 0 Å². The third-order valence-electron chi connectivity index (χ3n) is 4.05. The Morgan fingerprint density at radius 3 is 2.94 bits per heavy atom. The van der Waals surface area contributed by atoms with Gasteiger partial charge in [-0.05, 0) is 32.2 Å². The van der Waals surface area contributed by atoms with Crippen LogP contribution in [0.2, 0.25) is 0 Å². The number of nitrogens with zero attached hydrogens (tertiary/aromatic N) is 1. The molecule has 2 aliphatic heterocycles. The molecule has 2 heterocycles. The van der Waals surface area contributed by atoms with E-state index in [9.17, 15) is 4.79 Å². The van der Waals surface area contributed by atoms with Gasteiger partial charge in [0.25, 0.3) is 0 Å². The van der Waals surface area contributed by atoms with E-state index < -0.39 is 5.54 Å². The summed E-state index contributed by atoms with van der Waals surface area (Å²) in [7, 11) is 1.49. The van der Waals surface area contributed by atoms with Crippen molar-refractivity contribution >= 4 is 5.97 Å². The Balaban J connectivity index is 2.18. The Hall–Kier alpha value is -0.650. The fourth-order valence-electron chi connectivity index (χ4n) is 3.05. The highest BCUT2D eigenvalue weighted by atomic mass is 16.5. The maximum atomic E-state index is 12.3. The molecule has 5 nitrogen and oxygen atoms in total. The van der Waals surface area contributed by atoms with Gasteiger partial charge in [-0.3, -0.25) is 9.69 Å². The second-order valence-corrected chi connectivity index (χ2v) is 5.08. The molecule has 0 aliphatic carbocycles. The van der Waals surface area contributed by atoms with Crippen molar-refractivity contribution in [3.63, 3.8) is 0 Å². The first-order valence-electron chi connectivity index (χ1n) is 6.91. The Morgan fingerprint density at radius 2 is 2.11 bits per heavy atom. The average Bonchev–Trinajstić information content (AvgIpc) is 2.80. The Morgan fingerprint density at radius 1 is 1.22 bits per heavy atom. The summed E-state index contributed by atoms with van der Waals surface area (Å²) in [5.74, 6) is -0.0881. The zero-order valence-electron chi connectivity index (χ0n) is 11.2. The van der Waals surface area contributed by atoms with Crippen molar-refractivity contribution in [2.24, 2.45) is 0 Å². The second-order valence-electron chi connectivity index (χ2n) is 5.08. The molecule has 104 valence electrons. The van der Waals surface area contributed by atoms with Gasteiger partial charge in [0, 0.05) is 32.8 Å². The lowest BCUT2D eigenvalue weighted by Crippen LogP contribution is -2.56. The summed E-state index contributed by atoms with van der Waals surface area (Å²) >= 11 is 0. The highest BCUT2D eigenvalue weighted by molar-refractivity contribution is 5.80. The summed E-state index contributed by atoms with van der Waals surface area (Å²) < 4.78 is 10.6. The number of rotatable bonds is 2. The molecule has 2 rings (SSSR count). The largest absolute Gasteiger partial charge is 0.468 e. The normalized spacial score (nSPS) is 31.4. The molecule has 1 atom stereocenters. The molecule has 2 saturated heterocycles. The van der Waals surface area contributed by atoms with Gasteiger partial charge in [0.05, 0.1) is 7.11 Å². The standard InChI is InChI=1S/C13H24N2O3/c1-17-12(16)13(4-2-10-18-11-5-13)15-8-3-6-14-7-9-15/h14H,2-11H2,1H3. The molecule has 0 aromatic rings. The van der Waals surface area contributed by atoms with E-state index in [2.05, 4.69) is 10.2 Å². The van der Waals surface area contributed by atoms with E-state index in [-0.39, 0.29) is 5.97 Å².